The highest BCUT2D eigenvalue weighted by atomic mass is 16.6. The van der Waals surface area contributed by atoms with Gasteiger partial charge in [-0.25, -0.2) is 4.79 Å². The first-order valence-corrected chi connectivity index (χ1v) is 6.75. The molecule has 0 aromatic heterocycles. The number of rotatable bonds is 2. The average molecular weight is 257 g/mol. The Balaban J connectivity index is 2.49. The van der Waals surface area contributed by atoms with Crippen LogP contribution in [-0.2, 0) is 4.74 Å². The Morgan fingerprint density at radius 2 is 1.94 bits per heavy atom. The van der Waals surface area contributed by atoms with Crippen LogP contribution in [0.1, 0.15) is 34.1 Å². The highest BCUT2D eigenvalue weighted by Gasteiger charge is 2.25. The highest BCUT2D eigenvalue weighted by molar-refractivity contribution is 5.68. The normalized spacial score (nSPS) is 20.4. The van der Waals surface area contributed by atoms with Crippen LogP contribution in [0.2, 0.25) is 0 Å². The largest absolute Gasteiger partial charge is 0.444 e. The molecular formula is C13H27N3O2. The van der Waals surface area contributed by atoms with Crippen molar-refractivity contribution in [2.75, 3.05) is 32.7 Å². The number of nitrogens with two attached hydrogens (primary N) is 1. The highest BCUT2D eigenvalue weighted by Crippen LogP contribution is 2.12. The maximum absolute atomic E-state index is 12.0. The molecule has 1 unspecified atom stereocenters. The third-order valence-electron chi connectivity index (χ3n) is 3.15. The van der Waals surface area contributed by atoms with E-state index >= 15 is 0 Å². The molecule has 1 amide bonds. The monoisotopic (exact) mass is 257 g/mol. The number of amides is 1. The van der Waals surface area contributed by atoms with E-state index in [4.69, 9.17) is 10.5 Å². The SMILES string of the molecule is CC(CN)N1CCCN(C(=O)OC(C)(C)C)CC1. The van der Waals surface area contributed by atoms with Crippen molar-refractivity contribution in [2.24, 2.45) is 5.73 Å². The van der Waals surface area contributed by atoms with E-state index in [1.807, 2.05) is 20.8 Å². The van der Waals surface area contributed by atoms with Crippen LogP contribution in [0.25, 0.3) is 0 Å². The zero-order chi connectivity index (χ0) is 13.8. The number of ether oxygens (including phenoxy) is 1. The summed E-state index contributed by atoms with van der Waals surface area (Å²) < 4.78 is 5.40. The number of carbonyl (C=O) groups is 1. The maximum Gasteiger partial charge on any atom is 0.410 e. The fraction of sp³-hybridized carbons (Fsp3) is 0.923. The minimum Gasteiger partial charge on any atom is -0.444 e. The molecule has 1 heterocycles. The molecule has 1 aliphatic heterocycles. The minimum absolute atomic E-state index is 0.204. The smallest absolute Gasteiger partial charge is 0.410 e. The molecule has 0 spiro atoms. The Morgan fingerprint density at radius 1 is 1.28 bits per heavy atom. The van der Waals surface area contributed by atoms with Gasteiger partial charge < -0.3 is 15.4 Å². The molecule has 5 nitrogen and oxygen atoms in total. The summed E-state index contributed by atoms with van der Waals surface area (Å²) in [6.45, 7) is 11.8. The van der Waals surface area contributed by atoms with Crippen LogP contribution in [0.5, 0.6) is 0 Å². The molecular weight excluding hydrogens is 230 g/mol. The fourth-order valence-electron chi connectivity index (χ4n) is 2.04. The van der Waals surface area contributed by atoms with Crippen LogP contribution in [0, 0.1) is 0 Å². The van der Waals surface area contributed by atoms with E-state index in [9.17, 15) is 4.79 Å². The van der Waals surface area contributed by atoms with Crippen molar-refractivity contribution in [1.82, 2.24) is 9.80 Å². The first-order chi connectivity index (χ1) is 8.33. The van der Waals surface area contributed by atoms with Gasteiger partial charge >= 0.3 is 6.09 Å². The lowest BCUT2D eigenvalue weighted by Gasteiger charge is -2.28. The second-order valence-electron chi connectivity index (χ2n) is 5.94. The predicted molar refractivity (Wildman–Crippen MR) is 72.5 cm³/mol. The first-order valence-electron chi connectivity index (χ1n) is 6.75. The molecule has 0 aromatic rings. The van der Waals surface area contributed by atoms with E-state index in [1.54, 1.807) is 4.90 Å². The summed E-state index contributed by atoms with van der Waals surface area (Å²) in [5, 5.41) is 0. The van der Waals surface area contributed by atoms with Gasteiger partial charge in [0.1, 0.15) is 5.60 Å². The van der Waals surface area contributed by atoms with Gasteiger partial charge in [0.05, 0.1) is 0 Å². The zero-order valence-electron chi connectivity index (χ0n) is 12.1. The standard InChI is InChI=1S/C13H27N3O2/c1-11(10-14)15-6-5-7-16(9-8-15)12(17)18-13(2,3)4/h11H,5-10,14H2,1-4H3. The number of carbonyl (C=O) groups excluding carboxylic acids is 1. The Morgan fingerprint density at radius 3 is 2.50 bits per heavy atom. The molecule has 0 bridgehead atoms. The van der Waals surface area contributed by atoms with Gasteiger partial charge in [0.25, 0.3) is 0 Å². The van der Waals surface area contributed by atoms with Crippen molar-refractivity contribution in [3.8, 4) is 0 Å². The molecule has 1 rings (SSSR count). The van der Waals surface area contributed by atoms with Gasteiger partial charge in [-0.15, -0.1) is 0 Å². The van der Waals surface area contributed by atoms with Gasteiger partial charge in [-0.05, 0) is 34.1 Å². The molecule has 5 heteroatoms. The van der Waals surface area contributed by atoms with Crippen LogP contribution >= 0.6 is 0 Å². The first kappa shape index (κ1) is 15.2. The van der Waals surface area contributed by atoms with Crippen molar-refractivity contribution >= 4 is 6.09 Å². The fourth-order valence-corrected chi connectivity index (χ4v) is 2.04. The van der Waals surface area contributed by atoms with Crippen molar-refractivity contribution in [3.05, 3.63) is 0 Å². The Hall–Kier alpha value is -0.810. The number of nitrogens with zero attached hydrogens (tertiary/aromatic N) is 2. The third-order valence-corrected chi connectivity index (χ3v) is 3.15. The third kappa shape index (κ3) is 4.82. The summed E-state index contributed by atoms with van der Waals surface area (Å²) in [5.41, 5.74) is 5.26. The molecule has 0 aromatic carbocycles. The molecule has 0 aliphatic carbocycles. The van der Waals surface area contributed by atoms with E-state index in [1.165, 1.54) is 0 Å². The molecule has 106 valence electrons. The molecule has 1 atom stereocenters. The lowest BCUT2D eigenvalue weighted by Crippen LogP contribution is -2.42. The Labute approximate surface area is 110 Å². The van der Waals surface area contributed by atoms with Crippen LogP contribution in [0.4, 0.5) is 4.79 Å². The van der Waals surface area contributed by atoms with E-state index in [0.717, 1.165) is 32.6 Å². The summed E-state index contributed by atoms with van der Waals surface area (Å²) in [6, 6.07) is 0.378. The summed E-state index contributed by atoms with van der Waals surface area (Å²) in [4.78, 5) is 16.1. The van der Waals surface area contributed by atoms with Gasteiger partial charge in [-0.3, -0.25) is 4.90 Å². The summed E-state index contributed by atoms with van der Waals surface area (Å²) in [7, 11) is 0. The van der Waals surface area contributed by atoms with Crippen LogP contribution < -0.4 is 5.73 Å². The van der Waals surface area contributed by atoms with Crippen molar-refractivity contribution in [3.63, 3.8) is 0 Å². The molecule has 0 radical (unpaired) electrons. The van der Waals surface area contributed by atoms with Crippen LogP contribution in [-0.4, -0.2) is 60.3 Å². The molecule has 1 aliphatic rings. The predicted octanol–water partition coefficient (Wildman–Crippen LogP) is 1.28. The van der Waals surface area contributed by atoms with Gasteiger partial charge in [0.2, 0.25) is 0 Å². The van der Waals surface area contributed by atoms with Gasteiger partial charge in [0, 0.05) is 38.8 Å². The second kappa shape index (κ2) is 6.38. The van der Waals surface area contributed by atoms with E-state index < -0.39 is 5.60 Å². The summed E-state index contributed by atoms with van der Waals surface area (Å²) >= 11 is 0. The Bertz CT molecular complexity index is 276. The van der Waals surface area contributed by atoms with E-state index in [-0.39, 0.29) is 6.09 Å². The van der Waals surface area contributed by atoms with E-state index in [2.05, 4.69) is 11.8 Å². The summed E-state index contributed by atoms with van der Waals surface area (Å²) in [6.07, 6.45) is 0.772. The quantitative estimate of drug-likeness (QED) is 0.809. The van der Waals surface area contributed by atoms with Gasteiger partial charge in [0.15, 0.2) is 0 Å². The molecule has 18 heavy (non-hydrogen) atoms. The number of hydrogen-bond donors (Lipinski definition) is 1. The van der Waals surface area contributed by atoms with Crippen molar-refractivity contribution in [2.45, 2.75) is 45.8 Å². The second-order valence-corrected chi connectivity index (χ2v) is 5.94. The van der Waals surface area contributed by atoms with Gasteiger partial charge in [-0.2, -0.15) is 0 Å². The topological polar surface area (TPSA) is 58.8 Å². The lowest BCUT2D eigenvalue weighted by molar-refractivity contribution is 0.0256. The summed E-state index contributed by atoms with van der Waals surface area (Å²) in [5.74, 6) is 0. The van der Waals surface area contributed by atoms with E-state index in [0.29, 0.717) is 12.6 Å². The van der Waals surface area contributed by atoms with Crippen molar-refractivity contribution in [1.29, 1.82) is 0 Å². The molecule has 1 fully saturated rings. The molecule has 1 saturated heterocycles. The zero-order valence-corrected chi connectivity index (χ0v) is 12.1. The van der Waals surface area contributed by atoms with Crippen LogP contribution in [0.3, 0.4) is 0 Å². The molecule has 2 N–H and O–H groups in total. The average Bonchev–Trinajstić information content (AvgIpc) is 2.51. The number of hydrogen-bond acceptors (Lipinski definition) is 4. The Kier molecular flexibility index (Phi) is 5.41. The van der Waals surface area contributed by atoms with Crippen molar-refractivity contribution < 1.29 is 9.53 Å². The maximum atomic E-state index is 12.0. The minimum atomic E-state index is -0.423. The van der Waals surface area contributed by atoms with Gasteiger partial charge in [-0.1, -0.05) is 0 Å². The van der Waals surface area contributed by atoms with Crippen LogP contribution in [0.15, 0.2) is 0 Å². The molecule has 0 saturated carbocycles. The lowest BCUT2D eigenvalue weighted by atomic mass is 10.2.